The van der Waals surface area contributed by atoms with Crippen LogP contribution >= 0.6 is 0 Å². The van der Waals surface area contributed by atoms with Crippen molar-refractivity contribution in [3.8, 4) is 5.69 Å². The van der Waals surface area contributed by atoms with Gasteiger partial charge in [0.1, 0.15) is 35.1 Å². The number of rotatable bonds is 2. The van der Waals surface area contributed by atoms with Gasteiger partial charge in [0, 0.05) is 12.5 Å². The van der Waals surface area contributed by atoms with Crippen LogP contribution in [-0.4, -0.2) is 29.5 Å². The first-order valence-electron chi connectivity index (χ1n) is 9.45. The largest absolute Gasteiger partial charge is 0.382 e. The van der Waals surface area contributed by atoms with Gasteiger partial charge in [-0.2, -0.15) is 0 Å². The highest BCUT2D eigenvalue weighted by Gasteiger charge is 2.15. The van der Waals surface area contributed by atoms with Crippen molar-refractivity contribution in [2.75, 3.05) is 5.73 Å². The molecule has 0 aliphatic rings. The first-order valence-corrected chi connectivity index (χ1v) is 9.45. The molecule has 0 saturated carbocycles. The SMILES string of the molecule is CCc1nc2ccc(F)cc2c(=O)n1-c1ccc(F)cc1F.Nc1ncnc2nc[nH]c12. The molecule has 0 saturated heterocycles. The van der Waals surface area contributed by atoms with E-state index in [0.717, 1.165) is 22.8 Å². The molecule has 0 aliphatic carbocycles. The molecular weight excluding hydrogens is 423 g/mol. The maximum absolute atomic E-state index is 14.0. The van der Waals surface area contributed by atoms with E-state index in [2.05, 4.69) is 24.9 Å². The molecule has 0 unspecified atom stereocenters. The number of aromatic amines is 1. The molecule has 32 heavy (non-hydrogen) atoms. The average Bonchev–Trinajstić information content (AvgIpc) is 3.26. The van der Waals surface area contributed by atoms with Gasteiger partial charge in [0.2, 0.25) is 0 Å². The second-order valence-corrected chi connectivity index (χ2v) is 6.64. The predicted octanol–water partition coefficient (Wildman–Crippen LogP) is 3.30. The smallest absolute Gasteiger partial charge is 0.266 e. The average molecular weight is 439 g/mol. The highest BCUT2D eigenvalue weighted by atomic mass is 19.1. The van der Waals surface area contributed by atoms with Crippen LogP contribution in [0, 0.1) is 17.5 Å². The van der Waals surface area contributed by atoms with Gasteiger partial charge in [-0.15, -0.1) is 0 Å². The Morgan fingerprint density at radius 2 is 1.78 bits per heavy atom. The van der Waals surface area contributed by atoms with Crippen LogP contribution in [0.1, 0.15) is 12.7 Å². The number of anilines is 1. The van der Waals surface area contributed by atoms with Crippen LogP contribution < -0.4 is 11.3 Å². The fraction of sp³-hybridized carbons (Fsp3) is 0.0952. The van der Waals surface area contributed by atoms with Crippen LogP contribution in [0.25, 0.3) is 27.8 Å². The second kappa shape index (κ2) is 8.46. The third kappa shape index (κ3) is 3.87. The molecular formula is C21H16F3N7O. The van der Waals surface area contributed by atoms with E-state index in [9.17, 15) is 18.0 Å². The minimum Gasteiger partial charge on any atom is -0.382 e. The van der Waals surface area contributed by atoms with Crippen molar-refractivity contribution < 1.29 is 13.2 Å². The molecule has 0 fully saturated rings. The summed E-state index contributed by atoms with van der Waals surface area (Å²) in [4.78, 5) is 31.2. The lowest BCUT2D eigenvalue weighted by molar-refractivity contribution is 0.574. The van der Waals surface area contributed by atoms with E-state index in [1.807, 2.05) is 0 Å². The van der Waals surface area contributed by atoms with Gasteiger partial charge in [-0.25, -0.2) is 33.1 Å². The molecule has 0 aliphatic heterocycles. The number of halogens is 3. The maximum atomic E-state index is 14.0. The third-order valence-electron chi connectivity index (χ3n) is 4.62. The number of nitrogens with two attached hydrogens (primary N) is 1. The lowest BCUT2D eigenvalue weighted by atomic mass is 10.2. The zero-order valence-electron chi connectivity index (χ0n) is 16.7. The molecule has 0 bridgehead atoms. The Bertz CT molecular complexity index is 1500. The summed E-state index contributed by atoms with van der Waals surface area (Å²) in [6, 6.07) is 6.57. The number of hydrogen-bond donors (Lipinski definition) is 2. The Kier molecular flexibility index (Phi) is 5.54. The van der Waals surface area contributed by atoms with Crippen LogP contribution in [-0.2, 0) is 6.42 Å². The van der Waals surface area contributed by atoms with Gasteiger partial charge in [-0.3, -0.25) is 9.36 Å². The summed E-state index contributed by atoms with van der Waals surface area (Å²) in [5.41, 5.74) is 6.41. The normalized spacial score (nSPS) is 10.9. The number of nitrogen functional groups attached to an aromatic ring is 1. The fourth-order valence-electron chi connectivity index (χ4n) is 3.14. The number of benzene rings is 2. The molecule has 3 heterocycles. The van der Waals surface area contributed by atoms with Crippen molar-refractivity contribution >= 4 is 27.9 Å². The fourth-order valence-corrected chi connectivity index (χ4v) is 3.14. The van der Waals surface area contributed by atoms with E-state index >= 15 is 0 Å². The molecule has 5 aromatic rings. The van der Waals surface area contributed by atoms with Gasteiger partial charge in [-0.1, -0.05) is 6.92 Å². The number of fused-ring (bicyclic) bond motifs is 2. The Labute approximate surface area is 178 Å². The highest BCUT2D eigenvalue weighted by molar-refractivity contribution is 5.80. The molecule has 2 aromatic carbocycles. The lowest BCUT2D eigenvalue weighted by Crippen LogP contribution is -2.24. The second-order valence-electron chi connectivity index (χ2n) is 6.64. The molecule has 11 heteroatoms. The first-order chi connectivity index (χ1) is 15.4. The molecule has 162 valence electrons. The van der Waals surface area contributed by atoms with Gasteiger partial charge in [0.25, 0.3) is 5.56 Å². The molecule has 0 radical (unpaired) electrons. The topological polar surface area (TPSA) is 115 Å². The van der Waals surface area contributed by atoms with Crippen molar-refractivity contribution in [3.05, 3.63) is 82.7 Å². The number of aromatic nitrogens is 6. The Balaban J connectivity index is 0.000000203. The highest BCUT2D eigenvalue weighted by Crippen LogP contribution is 2.18. The van der Waals surface area contributed by atoms with Crippen LogP contribution in [0.3, 0.4) is 0 Å². The van der Waals surface area contributed by atoms with Crippen molar-refractivity contribution in [1.82, 2.24) is 29.5 Å². The van der Waals surface area contributed by atoms with Gasteiger partial charge < -0.3 is 10.7 Å². The zero-order chi connectivity index (χ0) is 22.8. The number of nitrogens with one attached hydrogen (secondary N) is 1. The van der Waals surface area contributed by atoms with Crippen LogP contribution in [0.2, 0.25) is 0 Å². The molecule has 0 atom stereocenters. The Morgan fingerprint density at radius 3 is 2.50 bits per heavy atom. The molecule has 0 amide bonds. The summed E-state index contributed by atoms with van der Waals surface area (Å²) in [7, 11) is 0. The van der Waals surface area contributed by atoms with Gasteiger partial charge in [0.15, 0.2) is 11.5 Å². The summed E-state index contributed by atoms with van der Waals surface area (Å²) < 4.78 is 41.5. The maximum Gasteiger partial charge on any atom is 0.266 e. The van der Waals surface area contributed by atoms with Crippen LogP contribution in [0.4, 0.5) is 19.0 Å². The Hall–Kier alpha value is -4.28. The molecule has 8 nitrogen and oxygen atoms in total. The first kappa shape index (κ1) is 21.0. The standard InChI is InChI=1S/C16H11F3N2O.C5H5N5/c1-2-15-20-13-5-3-9(17)7-11(13)16(22)21(15)14-6-4-10(18)8-12(14)19;6-4-3-5(9-1-7-3)10-2-8-4/h3-8H,2H2,1H3;1-2H,(H3,6,7,8,9,10). The summed E-state index contributed by atoms with van der Waals surface area (Å²) in [6.45, 7) is 1.76. The Morgan fingerprint density at radius 1 is 1.03 bits per heavy atom. The quantitative estimate of drug-likeness (QED) is 0.436. The van der Waals surface area contributed by atoms with Gasteiger partial charge in [0.05, 0.1) is 22.9 Å². The van der Waals surface area contributed by atoms with E-state index in [1.54, 1.807) is 6.92 Å². The number of aryl methyl sites for hydroxylation is 1. The van der Waals surface area contributed by atoms with Crippen molar-refractivity contribution in [2.45, 2.75) is 13.3 Å². The van der Waals surface area contributed by atoms with E-state index in [0.29, 0.717) is 40.8 Å². The van der Waals surface area contributed by atoms with Gasteiger partial charge in [-0.05, 0) is 30.3 Å². The van der Waals surface area contributed by atoms with Crippen molar-refractivity contribution in [3.63, 3.8) is 0 Å². The number of hydrogen-bond acceptors (Lipinski definition) is 6. The predicted molar refractivity (Wildman–Crippen MR) is 113 cm³/mol. The van der Waals surface area contributed by atoms with Crippen molar-refractivity contribution in [2.24, 2.45) is 0 Å². The van der Waals surface area contributed by atoms with Crippen molar-refractivity contribution in [1.29, 1.82) is 0 Å². The number of nitrogens with zero attached hydrogens (tertiary/aromatic N) is 5. The minimum atomic E-state index is -0.880. The minimum absolute atomic E-state index is 0.0425. The number of imidazole rings is 1. The van der Waals surface area contributed by atoms with E-state index < -0.39 is 23.0 Å². The number of H-pyrrole nitrogens is 1. The summed E-state index contributed by atoms with van der Waals surface area (Å²) >= 11 is 0. The summed E-state index contributed by atoms with van der Waals surface area (Å²) in [5.74, 6) is -1.46. The third-order valence-corrected chi connectivity index (χ3v) is 4.62. The van der Waals surface area contributed by atoms with Crippen LogP contribution in [0.5, 0.6) is 0 Å². The summed E-state index contributed by atoms with van der Waals surface area (Å²) in [6.07, 6.45) is 3.29. The lowest BCUT2D eigenvalue weighted by Gasteiger charge is -2.13. The molecule has 3 N–H and O–H groups in total. The monoisotopic (exact) mass is 439 g/mol. The van der Waals surface area contributed by atoms with E-state index in [-0.39, 0.29) is 11.1 Å². The van der Waals surface area contributed by atoms with Crippen LogP contribution in [0.15, 0.2) is 53.8 Å². The molecule has 3 aromatic heterocycles. The molecule has 5 rings (SSSR count). The molecule has 0 spiro atoms. The van der Waals surface area contributed by atoms with E-state index in [4.69, 9.17) is 5.73 Å². The van der Waals surface area contributed by atoms with E-state index in [1.165, 1.54) is 24.8 Å². The van der Waals surface area contributed by atoms with Gasteiger partial charge >= 0.3 is 0 Å². The summed E-state index contributed by atoms with van der Waals surface area (Å²) in [5, 5.41) is 0.0425. The zero-order valence-corrected chi connectivity index (χ0v) is 16.7.